The summed E-state index contributed by atoms with van der Waals surface area (Å²) in [6.45, 7) is 5.49. The van der Waals surface area contributed by atoms with Gasteiger partial charge in [0.15, 0.2) is 0 Å². The second kappa shape index (κ2) is 8.99. The quantitative estimate of drug-likeness (QED) is 0.636. The van der Waals surface area contributed by atoms with Crippen LogP contribution < -0.4 is 4.18 Å². The molecule has 0 radical (unpaired) electrons. The lowest BCUT2D eigenvalue weighted by atomic mass is 10.1. The van der Waals surface area contributed by atoms with E-state index in [1.165, 1.54) is 25.1 Å². The van der Waals surface area contributed by atoms with E-state index in [-0.39, 0.29) is 35.6 Å². The molecule has 1 amide bonds. The molecule has 2 rings (SSSR count). The van der Waals surface area contributed by atoms with E-state index in [0.717, 1.165) is 0 Å². The highest BCUT2D eigenvalue weighted by atomic mass is 32.2. The summed E-state index contributed by atoms with van der Waals surface area (Å²) in [5, 5.41) is 0. The highest BCUT2D eigenvalue weighted by Gasteiger charge is 2.23. The highest BCUT2D eigenvalue weighted by molar-refractivity contribution is 7.87. The highest BCUT2D eigenvalue weighted by Crippen LogP contribution is 2.24. The number of nitrogens with zero attached hydrogens (tertiary/aromatic N) is 1. The van der Waals surface area contributed by atoms with Gasteiger partial charge in [0, 0.05) is 23.7 Å². The van der Waals surface area contributed by atoms with Crippen LogP contribution in [0.4, 0.5) is 4.39 Å². The predicted molar refractivity (Wildman–Crippen MR) is 103 cm³/mol. The lowest BCUT2D eigenvalue weighted by Gasteiger charge is -2.29. The van der Waals surface area contributed by atoms with Crippen molar-refractivity contribution in [2.24, 2.45) is 0 Å². The molecule has 2 aromatic rings. The van der Waals surface area contributed by atoms with Gasteiger partial charge < -0.3 is 9.08 Å². The Balaban J connectivity index is 2.36. The zero-order chi connectivity index (χ0) is 20.0. The van der Waals surface area contributed by atoms with Crippen molar-refractivity contribution in [1.82, 2.24) is 4.90 Å². The van der Waals surface area contributed by atoms with Gasteiger partial charge in [0.1, 0.15) is 11.6 Å². The van der Waals surface area contributed by atoms with Crippen LogP contribution in [0, 0.1) is 5.82 Å². The largest absolute Gasteiger partial charge is 0.382 e. The van der Waals surface area contributed by atoms with E-state index in [1.54, 1.807) is 35.2 Å². The van der Waals surface area contributed by atoms with Gasteiger partial charge in [-0.25, -0.2) is 4.39 Å². The fourth-order valence-electron chi connectivity index (χ4n) is 2.53. The lowest BCUT2D eigenvalue weighted by Crippen LogP contribution is -2.38. The van der Waals surface area contributed by atoms with Crippen molar-refractivity contribution in [3.05, 3.63) is 65.5 Å². The monoisotopic (exact) mass is 393 g/mol. The summed E-state index contributed by atoms with van der Waals surface area (Å²) in [4.78, 5) is 14.5. The van der Waals surface area contributed by atoms with Gasteiger partial charge in [0.25, 0.3) is 5.91 Å². The van der Waals surface area contributed by atoms with Crippen molar-refractivity contribution >= 4 is 16.0 Å². The van der Waals surface area contributed by atoms with Crippen LogP contribution >= 0.6 is 0 Å². The topological polar surface area (TPSA) is 63.7 Å². The first kappa shape index (κ1) is 20.9. The number of benzene rings is 2. The molecule has 5 nitrogen and oxygen atoms in total. The Kier molecular flexibility index (Phi) is 6.96. The summed E-state index contributed by atoms with van der Waals surface area (Å²) in [6, 6.07) is 12.1. The third kappa shape index (κ3) is 5.53. The number of hydrogen-bond acceptors (Lipinski definition) is 4. The van der Waals surface area contributed by atoms with E-state index in [0.29, 0.717) is 12.0 Å². The fraction of sp³-hybridized carbons (Fsp3) is 0.350. The Morgan fingerprint density at radius 1 is 1.15 bits per heavy atom. The number of amides is 1. The van der Waals surface area contributed by atoms with Crippen molar-refractivity contribution < 1.29 is 21.8 Å². The summed E-state index contributed by atoms with van der Waals surface area (Å²) < 4.78 is 42.4. The predicted octanol–water partition coefficient (Wildman–Crippen LogP) is 4.00. The second-order valence-electron chi connectivity index (χ2n) is 6.24. The molecule has 0 spiro atoms. The van der Waals surface area contributed by atoms with Crippen LogP contribution in [0.5, 0.6) is 5.75 Å². The Bertz CT molecular complexity index is 898. The SMILES string of the molecule is CCC(C)N(Cc1ccccc1OS(=O)(=O)CC)C(=O)c1cccc(F)c1. The molecule has 0 bridgehead atoms. The van der Waals surface area contributed by atoms with Crippen LogP contribution in [0.15, 0.2) is 48.5 Å². The lowest BCUT2D eigenvalue weighted by molar-refractivity contribution is 0.0670. The molecule has 0 aliphatic rings. The van der Waals surface area contributed by atoms with Crippen LogP contribution in [0.2, 0.25) is 0 Å². The third-order valence-electron chi connectivity index (χ3n) is 4.34. The molecule has 0 saturated heterocycles. The number of hydrogen-bond donors (Lipinski definition) is 0. The van der Waals surface area contributed by atoms with Gasteiger partial charge in [-0.3, -0.25) is 4.79 Å². The fourth-order valence-corrected chi connectivity index (χ4v) is 3.08. The average molecular weight is 393 g/mol. The average Bonchev–Trinajstić information content (AvgIpc) is 2.66. The van der Waals surface area contributed by atoms with Crippen LogP contribution in [0.25, 0.3) is 0 Å². The van der Waals surface area contributed by atoms with Gasteiger partial charge in [0.05, 0.1) is 5.75 Å². The summed E-state index contributed by atoms with van der Waals surface area (Å²) in [6.07, 6.45) is 0.692. The standard InChI is InChI=1S/C20H24FNO4S/c1-4-15(3)22(20(23)16-10-8-11-18(21)13-16)14-17-9-6-7-12-19(17)26-27(24,25)5-2/h6-13,15H,4-5,14H2,1-3H3. The van der Waals surface area contributed by atoms with Gasteiger partial charge >= 0.3 is 10.1 Å². The molecule has 0 aromatic heterocycles. The van der Waals surface area contributed by atoms with Gasteiger partial charge in [-0.15, -0.1) is 0 Å². The minimum atomic E-state index is -3.69. The maximum atomic E-state index is 13.5. The first-order valence-electron chi connectivity index (χ1n) is 8.84. The van der Waals surface area contributed by atoms with E-state index in [2.05, 4.69) is 0 Å². The van der Waals surface area contributed by atoms with Crippen LogP contribution in [0.3, 0.4) is 0 Å². The normalized spacial score (nSPS) is 12.4. The van der Waals surface area contributed by atoms with Crippen LogP contribution in [-0.2, 0) is 16.7 Å². The van der Waals surface area contributed by atoms with Crippen molar-refractivity contribution in [2.45, 2.75) is 39.8 Å². The Hall–Kier alpha value is -2.41. The molecule has 7 heteroatoms. The number of para-hydroxylation sites is 1. The van der Waals surface area contributed by atoms with Gasteiger partial charge in [-0.2, -0.15) is 8.42 Å². The van der Waals surface area contributed by atoms with Crippen LogP contribution in [-0.4, -0.2) is 31.0 Å². The number of halogens is 1. The maximum absolute atomic E-state index is 13.5. The van der Waals surface area contributed by atoms with Crippen molar-refractivity contribution in [2.75, 3.05) is 5.75 Å². The molecule has 1 atom stereocenters. The molecule has 146 valence electrons. The van der Waals surface area contributed by atoms with E-state index in [4.69, 9.17) is 4.18 Å². The molecule has 0 aliphatic carbocycles. The summed E-state index contributed by atoms with van der Waals surface area (Å²) >= 11 is 0. The van der Waals surface area contributed by atoms with Crippen molar-refractivity contribution in [3.8, 4) is 5.75 Å². The number of carbonyl (C=O) groups excluding carboxylic acids is 1. The summed E-state index contributed by atoms with van der Waals surface area (Å²) in [5.41, 5.74) is 0.814. The summed E-state index contributed by atoms with van der Waals surface area (Å²) in [7, 11) is -3.69. The second-order valence-corrected chi connectivity index (χ2v) is 8.10. The molecule has 0 N–H and O–H groups in total. The molecular weight excluding hydrogens is 369 g/mol. The zero-order valence-electron chi connectivity index (χ0n) is 15.7. The van der Waals surface area contributed by atoms with E-state index < -0.39 is 15.9 Å². The minimum absolute atomic E-state index is 0.128. The maximum Gasteiger partial charge on any atom is 0.308 e. The minimum Gasteiger partial charge on any atom is -0.382 e. The smallest absolute Gasteiger partial charge is 0.308 e. The number of rotatable bonds is 8. The Labute approximate surface area is 159 Å². The molecule has 0 heterocycles. The van der Waals surface area contributed by atoms with Crippen molar-refractivity contribution in [3.63, 3.8) is 0 Å². The molecule has 0 saturated carbocycles. The molecule has 0 fully saturated rings. The van der Waals surface area contributed by atoms with Crippen LogP contribution in [0.1, 0.15) is 43.1 Å². The molecule has 27 heavy (non-hydrogen) atoms. The zero-order valence-corrected chi connectivity index (χ0v) is 16.5. The summed E-state index contributed by atoms with van der Waals surface area (Å²) in [5.74, 6) is -0.766. The van der Waals surface area contributed by atoms with E-state index in [9.17, 15) is 17.6 Å². The molecule has 2 aromatic carbocycles. The first-order valence-corrected chi connectivity index (χ1v) is 10.4. The van der Waals surface area contributed by atoms with Gasteiger partial charge in [-0.05, 0) is 44.5 Å². The Morgan fingerprint density at radius 3 is 2.48 bits per heavy atom. The van der Waals surface area contributed by atoms with Gasteiger partial charge in [-0.1, -0.05) is 31.2 Å². The third-order valence-corrected chi connectivity index (χ3v) is 5.48. The Morgan fingerprint density at radius 2 is 1.85 bits per heavy atom. The molecule has 1 unspecified atom stereocenters. The van der Waals surface area contributed by atoms with E-state index >= 15 is 0 Å². The first-order chi connectivity index (χ1) is 12.8. The number of carbonyl (C=O) groups is 1. The van der Waals surface area contributed by atoms with Gasteiger partial charge in [0.2, 0.25) is 0 Å². The molecule has 0 aliphatic heterocycles. The molecular formula is C20H24FNO4S. The van der Waals surface area contributed by atoms with Crippen molar-refractivity contribution in [1.29, 1.82) is 0 Å². The van der Waals surface area contributed by atoms with E-state index in [1.807, 2.05) is 13.8 Å².